The van der Waals surface area contributed by atoms with Crippen LogP contribution in [0.4, 0.5) is 17.1 Å². The van der Waals surface area contributed by atoms with E-state index in [4.69, 9.17) is 9.47 Å². The molecule has 0 amide bonds. The molecule has 0 saturated heterocycles. The van der Waals surface area contributed by atoms with Gasteiger partial charge in [-0.15, -0.1) is 0 Å². The van der Waals surface area contributed by atoms with Crippen LogP contribution in [0, 0.1) is 6.92 Å². The first kappa shape index (κ1) is 28.1. The molecule has 6 heteroatoms. The van der Waals surface area contributed by atoms with E-state index in [1.54, 1.807) is 19.2 Å². The van der Waals surface area contributed by atoms with Crippen LogP contribution in [0.15, 0.2) is 84.9 Å². The monoisotopic (exact) mass is 550 g/mol. The second-order valence-electron chi connectivity index (χ2n) is 10.5. The zero-order chi connectivity index (χ0) is 29.0. The van der Waals surface area contributed by atoms with Gasteiger partial charge in [-0.05, 0) is 68.3 Å². The maximum atomic E-state index is 13.4. The van der Waals surface area contributed by atoms with Gasteiger partial charge in [-0.1, -0.05) is 56.2 Å². The highest BCUT2D eigenvalue weighted by molar-refractivity contribution is 5.97. The summed E-state index contributed by atoms with van der Waals surface area (Å²) < 4.78 is 12.3. The molecule has 0 radical (unpaired) electrons. The molecule has 41 heavy (non-hydrogen) atoms. The van der Waals surface area contributed by atoms with Crippen molar-refractivity contribution in [2.75, 3.05) is 30.4 Å². The fourth-order valence-electron chi connectivity index (χ4n) is 5.74. The number of hydrogen-bond donors (Lipinski definition) is 2. The Morgan fingerprint density at radius 1 is 0.902 bits per heavy atom. The quantitative estimate of drug-likeness (QED) is 0.146. The van der Waals surface area contributed by atoms with Crippen molar-refractivity contribution in [2.24, 2.45) is 0 Å². The predicted molar refractivity (Wildman–Crippen MR) is 165 cm³/mol. The molecule has 0 aromatic heterocycles. The summed E-state index contributed by atoms with van der Waals surface area (Å²) in [6, 6.07) is 26.8. The van der Waals surface area contributed by atoms with E-state index in [0.717, 1.165) is 55.0 Å². The van der Waals surface area contributed by atoms with Crippen LogP contribution < -0.4 is 15.0 Å². The third-order valence-corrected chi connectivity index (χ3v) is 7.89. The number of para-hydroxylation sites is 1. The number of nitrogens with one attached hydrogen (secondary N) is 1. The molecule has 0 bridgehead atoms. The standard InChI is InChI=1S/C35H38N2O4/c1-5-7-13-20-37(6-2)26-18-19-29(32(38)22-26)35(28-17-12-11-16-27(28)34(39)41-35)30-23-31(24(3)21-33(30)40-4)36-25-14-9-8-10-15-25/h8-12,14-19,21-23,36,38H,5-7,13,20H2,1-4H3. The minimum absolute atomic E-state index is 0.0566. The van der Waals surface area contributed by atoms with E-state index in [-0.39, 0.29) is 5.75 Å². The molecule has 6 nitrogen and oxygen atoms in total. The summed E-state index contributed by atoms with van der Waals surface area (Å²) in [6.45, 7) is 8.05. The normalized spacial score (nSPS) is 15.8. The van der Waals surface area contributed by atoms with Gasteiger partial charge in [-0.2, -0.15) is 0 Å². The lowest BCUT2D eigenvalue weighted by Crippen LogP contribution is -2.31. The van der Waals surface area contributed by atoms with Gasteiger partial charge in [0.25, 0.3) is 0 Å². The van der Waals surface area contributed by atoms with Crippen LogP contribution in [-0.4, -0.2) is 31.3 Å². The summed E-state index contributed by atoms with van der Waals surface area (Å²) in [6.07, 6.45) is 3.39. The van der Waals surface area contributed by atoms with Crippen molar-refractivity contribution in [3.63, 3.8) is 0 Å². The van der Waals surface area contributed by atoms with E-state index in [1.807, 2.05) is 79.7 Å². The lowest BCUT2D eigenvalue weighted by atomic mass is 9.78. The smallest absolute Gasteiger partial charge is 0.340 e. The SMILES string of the molecule is CCCCCN(CC)c1ccc(C2(c3cc(Nc4ccccc4)c(C)cc3OC)OC(=O)c3ccccc32)c(O)c1. The summed E-state index contributed by atoms with van der Waals surface area (Å²) in [7, 11) is 1.61. The number of benzene rings is 4. The average Bonchev–Trinajstić information content (AvgIpc) is 3.29. The first-order valence-electron chi connectivity index (χ1n) is 14.3. The second kappa shape index (κ2) is 12.0. The topological polar surface area (TPSA) is 71.0 Å². The number of carbonyl (C=O) groups is 1. The largest absolute Gasteiger partial charge is 0.507 e. The van der Waals surface area contributed by atoms with Gasteiger partial charge in [0.1, 0.15) is 11.5 Å². The molecule has 2 N–H and O–H groups in total. The van der Waals surface area contributed by atoms with Gasteiger partial charge in [0.2, 0.25) is 0 Å². The van der Waals surface area contributed by atoms with Crippen molar-refractivity contribution in [3.05, 3.63) is 113 Å². The number of esters is 1. The molecule has 0 aliphatic carbocycles. The number of cyclic esters (lactones) is 1. The van der Waals surface area contributed by atoms with Crippen molar-refractivity contribution in [1.29, 1.82) is 0 Å². The molecule has 1 aliphatic heterocycles. The molecule has 4 aromatic rings. The van der Waals surface area contributed by atoms with E-state index >= 15 is 0 Å². The molecule has 1 aliphatic rings. The lowest BCUT2D eigenvalue weighted by Gasteiger charge is -2.33. The van der Waals surface area contributed by atoms with Crippen molar-refractivity contribution >= 4 is 23.0 Å². The number of ether oxygens (including phenoxy) is 2. The number of phenols is 1. The van der Waals surface area contributed by atoms with E-state index in [9.17, 15) is 9.90 Å². The Labute approximate surface area is 242 Å². The van der Waals surface area contributed by atoms with Gasteiger partial charge in [-0.3, -0.25) is 0 Å². The Hall–Kier alpha value is -4.45. The van der Waals surface area contributed by atoms with Gasteiger partial charge < -0.3 is 24.8 Å². The van der Waals surface area contributed by atoms with E-state index in [1.165, 1.54) is 0 Å². The molecule has 1 heterocycles. The molecule has 0 fully saturated rings. The highest BCUT2D eigenvalue weighted by Crippen LogP contribution is 2.53. The second-order valence-corrected chi connectivity index (χ2v) is 10.5. The first-order valence-corrected chi connectivity index (χ1v) is 14.3. The number of fused-ring (bicyclic) bond motifs is 1. The molecule has 0 saturated carbocycles. The fraction of sp³-hybridized carbons (Fsp3) is 0.286. The molecule has 5 rings (SSSR count). The maximum Gasteiger partial charge on any atom is 0.340 e. The maximum absolute atomic E-state index is 13.4. The van der Waals surface area contributed by atoms with Gasteiger partial charge in [-0.25, -0.2) is 4.79 Å². The summed E-state index contributed by atoms with van der Waals surface area (Å²) >= 11 is 0. The molecule has 1 unspecified atom stereocenters. The minimum Gasteiger partial charge on any atom is -0.507 e. The van der Waals surface area contributed by atoms with Gasteiger partial charge in [0.15, 0.2) is 5.60 Å². The molecule has 212 valence electrons. The van der Waals surface area contributed by atoms with Crippen LogP contribution in [0.25, 0.3) is 0 Å². The minimum atomic E-state index is -1.41. The van der Waals surface area contributed by atoms with Crippen molar-refractivity contribution in [2.45, 2.75) is 45.6 Å². The molecule has 0 spiro atoms. The molecule has 1 atom stereocenters. The van der Waals surface area contributed by atoms with Crippen LogP contribution in [0.3, 0.4) is 0 Å². The summed E-state index contributed by atoms with van der Waals surface area (Å²) in [5.74, 6) is 0.170. The fourth-order valence-corrected chi connectivity index (χ4v) is 5.74. The third kappa shape index (κ3) is 5.22. The zero-order valence-electron chi connectivity index (χ0n) is 24.2. The van der Waals surface area contributed by atoms with Crippen LogP contribution >= 0.6 is 0 Å². The molecular weight excluding hydrogens is 512 g/mol. The average molecular weight is 551 g/mol. The molecular formula is C35H38N2O4. The summed E-state index contributed by atoms with van der Waals surface area (Å²) in [5.41, 5.74) is 4.49. The number of carbonyl (C=O) groups excluding carboxylic acids is 1. The van der Waals surface area contributed by atoms with Gasteiger partial charge in [0.05, 0.1) is 12.7 Å². The number of nitrogens with zero attached hydrogens (tertiary/aromatic N) is 1. The number of unbranched alkanes of at least 4 members (excludes halogenated alkanes) is 2. The Morgan fingerprint density at radius 2 is 1.66 bits per heavy atom. The van der Waals surface area contributed by atoms with Crippen molar-refractivity contribution in [3.8, 4) is 11.5 Å². The first-order chi connectivity index (χ1) is 19.9. The summed E-state index contributed by atoms with van der Waals surface area (Å²) in [5, 5.41) is 15.2. The highest BCUT2D eigenvalue weighted by atomic mass is 16.6. The van der Waals surface area contributed by atoms with E-state index in [2.05, 4.69) is 24.1 Å². The van der Waals surface area contributed by atoms with Gasteiger partial charge >= 0.3 is 5.97 Å². The molecule has 4 aromatic carbocycles. The Balaban J connectivity index is 1.70. The number of aromatic hydroxyl groups is 1. The Morgan fingerprint density at radius 3 is 2.37 bits per heavy atom. The zero-order valence-corrected chi connectivity index (χ0v) is 24.2. The number of methoxy groups -OCH3 is 1. The van der Waals surface area contributed by atoms with Crippen LogP contribution in [0.1, 0.15) is 65.7 Å². The lowest BCUT2D eigenvalue weighted by molar-refractivity contribution is 0.0239. The van der Waals surface area contributed by atoms with Crippen molar-refractivity contribution < 1.29 is 19.4 Å². The third-order valence-electron chi connectivity index (χ3n) is 7.89. The van der Waals surface area contributed by atoms with E-state index in [0.29, 0.717) is 28.0 Å². The van der Waals surface area contributed by atoms with Crippen molar-refractivity contribution in [1.82, 2.24) is 0 Å². The number of rotatable bonds is 11. The van der Waals surface area contributed by atoms with Crippen LogP contribution in [-0.2, 0) is 10.3 Å². The van der Waals surface area contributed by atoms with Crippen LogP contribution in [0.2, 0.25) is 0 Å². The summed E-state index contributed by atoms with van der Waals surface area (Å²) in [4.78, 5) is 15.6. The highest BCUT2D eigenvalue weighted by Gasteiger charge is 2.51. The Kier molecular flexibility index (Phi) is 8.20. The number of hydrogen-bond acceptors (Lipinski definition) is 6. The van der Waals surface area contributed by atoms with E-state index < -0.39 is 11.6 Å². The predicted octanol–water partition coefficient (Wildman–Crippen LogP) is 7.93. The van der Waals surface area contributed by atoms with Crippen LogP contribution in [0.5, 0.6) is 11.5 Å². The Bertz CT molecular complexity index is 1530. The number of anilines is 3. The number of aryl methyl sites for hydroxylation is 1. The number of phenolic OH excluding ortho intramolecular Hbond substituents is 1. The van der Waals surface area contributed by atoms with Gasteiger partial charge in [0, 0.05) is 52.9 Å².